The number of hydrogen-bond donors (Lipinski definition) is 2. The van der Waals surface area contributed by atoms with Gasteiger partial charge in [0.1, 0.15) is 5.54 Å². The van der Waals surface area contributed by atoms with Crippen LogP contribution in [0.15, 0.2) is 25.3 Å². The lowest BCUT2D eigenvalue weighted by molar-refractivity contribution is -0.132. The maximum atomic E-state index is 12.5. The molecule has 0 aromatic heterocycles. The van der Waals surface area contributed by atoms with Crippen LogP contribution in [0.1, 0.15) is 19.8 Å². The lowest BCUT2D eigenvalue weighted by atomic mass is 9.80. The third kappa shape index (κ3) is 3.84. The smallest absolute Gasteiger partial charge is 0.322 e. The van der Waals surface area contributed by atoms with Crippen molar-refractivity contribution >= 4 is 17.8 Å². The van der Waals surface area contributed by atoms with Crippen molar-refractivity contribution in [2.45, 2.75) is 25.3 Å². The molecule has 2 aliphatic rings. The molecule has 0 saturated carbocycles. The predicted molar refractivity (Wildman–Crippen MR) is 91.2 cm³/mol. The first-order valence-electron chi connectivity index (χ1n) is 8.26. The predicted octanol–water partition coefficient (Wildman–Crippen LogP) is 0.497. The van der Waals surface area contributed by atoms with Crippen molar-refractivity contribution in [1.29, 1.82) is 0 Å². The van der Waals surface area contributed by atoms with Gasteiger partial charge in [0.25, 0.3) is 5.91 Å². The van der Waals surface area contributed by atoms with Gasteiger partial charge in [0.15, 0.2) is 0 Å². The number of nitrogens with zero attached hydrogens (tertiary/aromatic N) is 2. The van der Waals surface area contributed by atoms with Crippen LogP contribution < -0.4 is 10.6 Å². The zero-order chi connectivity index (χ0) is 17.7. The van der Waals surface area contributed by atoms with Gasteiger partial charge in [0.05, 0.1) is 6.54 Å². The highest BCUT2D eigenvalue weighted by atomic mass is 16.2. The van der Waals surface area contributed by atoms with Crippen molar-refractivity contribution in [3.05, 3.63) is 25.3 Å². The average Bonchev–Trinajstić information content (AvgIpc) is 2.81. The molecule has 0 aromatic rings. The molecule has 0 bridgehead atoms. The first-order chi connectivity index (χ1) is 11.4. The van der Waals surface area contributed by atoms with Crippen molar-refractivity contribution in [3.8, 4) is 0 Å². The Labute approximate surface area is 142 Å². The summed E-state index contributed by atoms with van der Waals surface area (Å²) in [4.78, 5) is 39.8. The van der Waals surface area contributed by atoms with E-state index in [0.29, 0.717) is 26.2 Å². The summed E-state index contributed by atoms with van der Waals surface area (Å²) < 4.78 is 0. The molecule has 132 valence electrons. The van der Waals surface area contributed by atoms with Crippen LogP contribution >= 0.6 is 0 Å². The number of amides is 4. The molecule has 7 heteroatoms. The monoisotopic (exact) mass is 334 g/mol. The Bertz CT molecular complexity index is 538. The Morgan fingerprint density at radius 3 is 2.58 bits per heavy atom. The minimum Gasteiger partial charge on any atom is -0.334 e. The van der Waals surface area contributed by atoms with Crippen LogP contribution in [-0.2, 0) is 9.59 Å². The van der Waals surface area contributed by atoms with Gasteiger partial charge in [-0.2, -0.15) is 0 Å². The standard InChI is InChI=1S/C17H26N4O3/c1-4-8-21(9-5-2)14(22)12-20-10-6-7-13(11-20)17(3)15(23)18-16(24)19-17/h4-5,13H,1-2,6-12H2,3H3,(H2,18,19,23,24)/t13-,17-/m0/s1. The molecule has 2 heterocycles. The van der Waals surface area contributed by atoms with Crippen LogP contribution in [0.25, 0.3) is 0 Å². The number of nitrogens with one attached hydrogen (secondary N) is 2. The van der Waals surface area contributed by atoms with Crippen molar-refractivity contribution in [2.75, 3.05) is 32.7 Å². The van der Waals surface area contributed by atoms with E-state index in [1.54, 1.807) is 24.0 Å². The molecule has 2 N–H and O–H groups in total. The number of urea groups is 1. The number of imide groups is 1. The number of carbonyl (C=O) groups excluding carboxylic acids is 3. The largest absolute Gasteiger partial charge is 0.334 e. The van der Waals surface area contributed by atoms with Crippen molar-refractivity contribution < 1.29 is 14.4 Å². The molecule has 24 heavy (non-hydrogen) atoms. The summed E-state index contributed by atoms with van der Waals surface area (Å²) in [5, 5.41) is 5.05. The summed E-state index contributed by atoms with van der Waals surface area (Å²) in [7, 11) is 0. The Balaban J connectivity index is 1.99. The van der Waals surface area contributed by atoms with E-state index >= 15 is 0 Å². The Kier molecular flexibility index (Phi) is 5.77. The summed E-state index contributed by atoms with van der Waals surface area (Å²) in [6, 6.07) is -0.446. The van der Waals surface area contributed by atoms with E-state index in [9.17, 15) is 14.4 Å². The Morgan fingerprint density at radius 1 is 1.38 bits per heavy atom. The maximum Gasteiger partial charge on any atom is 0.322 e. The highest BCUT2D eigenvalue weighted by Crippen LogP contribution is 2.29. The number of rotatable bonds is 7. The fourth-order valence-corrected chi connectivity index (χ4v) is 3.40. The maximum absolute atomic E-state index is 12.5. The third-order valence-electron chi connectivity index (χ3n) is 4.80. The van der Waals surface area contributed by atoms with Crippen molar-refractivity contribution in [1.82, 2.24) is 20.4 Å². The van der Waals surface area contributed by atoms with Crippen molar-refractivity contribution in [2.24, 2.45) is 5.92 Å². The highest BCUT2D eigenvalue weighted by molar-refractivity contribution is 6.07. The molecular formula is C17H26N4O3. The number of piperidine rings is 1. The van der Waals surface area contributed by atoms with E-state index in [-0.39, 0.29) is 17.7 Å². The minimum atomic E-state index is -0.902. The van der Waals surface area contributed by atoms with Crippen LogP contribution in [0.5, 0.6) is 0 Å². The number of hydrogen-bond acceptors (Lipinski definition) is 4. The van der Waals surface area contributed by atoms with Gasteiger partial charge in [0, 0.05) is 25.6 Å². The Morgan fingerprint density at radius 2 is 2.04 bits per heavy atom. The molecule has 2 saturated heterocycles. The molecule has 2 rings (SSSR count). The van der Waals surface area contributed by atoms with Gasteiger partial charge in [-0.05, 0) is 26.3 Å². The first-order valence-corrected chi connectivity index (χ1v) is 8.26. The molecule has 0 unspecified atom stereocenters. The summed E-state index contributed by atoms with van der Waals surface area (Å²) in [6.07, 6.45) is 5.12. The SMILES string of the molecule is C=CCN(CC=C)C(=O)CN1CCC[C@H]([C@]2(C)NC(=O)NC2=O)C1. The zero-order valence-electron chi connectivity index (χ0n) is 14.2. The number of likely N-dealkylation sites (tertiary alicyclic amines) is 1. The van der Waals surface area contributed by atoms with Crippen LogP contribution in [0.2, 0.25) is 0 Å². The van der Waals surface area contributed by atoms with Crippen LogP contribution in [0, 0.1) is 5.92 Å². The van der Waals surface area contributed by atoms with E-state index in [1.165, 1.54) is 0 Å². The molecule has 2 aliphatic heterocycles. The summed E-state index contributed by atoms with van der Waals surface area (Å²) in [6.45, 7) is 11.8. The third-order valence-corrected chi connectivity index (χ3v) is 4.80. The van der Waals surface area contributed by atoms with E-state index in [4.69, 9.17) is 0 Å². The first kappa shape index (κ1) is 18.2. The number of carbonyl (C=O) groups is 3. The van der Waals surface area contributed by atoms with E-state index in [1.807, 2.05) is 0 Å². The van der Waals surface area contributed by atoms with E-state index in [2.05, 4.69) is 28.7 Å². The second-order valence-corrected chi connectivity index (χ2v) is 6.56. The van der Waals surface area contributed by atoms with Gasteiger partial charge < -0.3 is 10.2 Å². The molecule has 0 aliphatic carbocycles. The van der Waals surface area contributed by atoms with Crippen molar-refractivity contribution in [3.63, 3.8) is 0 Å². The molecule has 7 nitrogen and oxygen atoms in total. The van der Waals surface area contributed by atoms with Gasteiger partial charge in [-0.1, -0.05) is 12.2 Å². The summed E-state index contributed by atoms with van der Waals surface area (Å²) in [5.41, 5.74) is -0.902. The topological polar surface area (TPSA) is 81.8 Å². The van der Waals surface area contributed by atoms with Crippen LogP contribution in [0.3, 0.4) is 0 Å². The average molecular weight is 334 g/mol. The second kappa shape index (κ2) is 7.61. The fraction of sp³-hybridized carbons (Fsp3) is 0.588. The quantitative estimate of drug-likeness (QED) is 0.525. The van der Waals surface area contributed by atoms with Gasteiger partial charge in [-0.15, -0.1) is 13.2 Å². The normalized spacial score (nSPS) is 27.3. The molecule has 2 fully saturated rings. The van der Waals surface area contributed by atoms with E-state index < -0.39 is 11.6 Å². The fourth-order valence-electron chi connectivity index (χ4n) is 3.40. The van der Waals surface area contributed by atoms with Crippen LogP contribution in [0.4, 0.5) is 4.79 Å². The van der Waals surface area contributed by atoms with Gasteiger partial charge >= 0.3 is 6.03 Å². The van der Waals surface area contributed by atoms with E-state index in [0.717, 1.165) is 19.4 Å². The summed E-state index contributed by atoms with van der Waals surface area (Å²) in [5.74, 6) is -0.288. The molecular weight excluding hydrogens is 308 g/mol. The van der Waals surface area contributed by atoms with Crippen LogP contribution in [-0.4, -0.2) is 65.9 Å². The zero-order valence-corrected chi connectivity index (χ0v) is 14.2. The van der Waals surface area contributed by atoms with Gasteiger partial charge in [-0.25, -0.2) is 4.79 Å². The second-order valence-electron chi connectivity index (χ2n) is 6.56. The summed E-state index contributed by atoms with van der Waals surface area (Å²) >= 11 is 0. The Hall–Kier alpha value is -2.15. The lowest BCUT2D eigenvalue weighted by Crippen LogP contribution is -2.56. The molecule has 4 amide bonds. The van der Waals surface area contributed by atoms with Gasteiger partial charge in [0.2, 0.25) is 5.91 Å². The van der Waals surface area contributed by atoms with Gasteiger partial charge in [-0.3, -0.25) is 19.8 Å². The molecule has 0 aromatic carbocycles. The minimum absolute atomic E-state index is 0.0144. The molecule has 2 atom stereocenters. The lowest BCUT2D eigenvalue weighted by Gasteiger charge is -2.39. The molecule has 0 radical (unpaired) electrons. The highest BCUT2D eigenvalue weighted by Gasteiger charge is 2.49. The molecule has 0 spiro atoms.